The lowest BCUT2D eigenvalue weighted by Crippen LogP contribution is -2.48. The molecular formula is C20H26N4O7. The average molecular weight is 434 g/mol. The lowest BCUT2D eigenvalue weighted by atomic mass is 9.98. The van der Waals surface area contributed by atoms with E-state index in [4.69, 9.17) is 4.74 Å². The van der Waals surface area contributed by atoms with Crippen LogP contribution >= 0.6 is 0 Å². The minimum Gasteiger partial charge on any atom is -0.466 e. The van der Waals surface area contributed by atoms with Gasteiger partial charge in [0.1, 0.15) is 0 Å². The summed E-state index contributed by atoms with van der Waals surface area (Å²) in [6, 6.07) is 5.15. The minimum absolute atomic E-state index is 0.0547. The Morgan fingerprint density at radius 2 is 2.06 bits per heavy atom. The summed E-state index contributed by atoms with van der Waals surface area (Å²) in [6.07, 6.45) is 1.33. The van der Waals surface area contributed by atoms with Crippen LogP contribution in [0.25, 0.3) is 0 Å². The van der Waals surface area contributed by atoms with E-state index in [1.54, 1.807) is 6.92 Å². The van der Waals surface area contributed by atoms with Gasteiger partial charge in [-0.3, -0.25) is 29.3 Å². The molecule has 1 aromatic carbocycles. The number of nitrogens with one attached hydrogen (secondary N) is 1. The molecule has 0 saturated carbocycles. The van der Waals surface area contributed by atoms with Crippen LogP contribution < -0.4 is 5.32 Å². The number of nitro benzene ring substituents is 1. The number of amides is 3. The first-order valence-electron chi connectivity index (χ1n) is 9.94. The number of piperidine rings is 1. The van der Waals surface area contributed by atoms with E-state index in [1.165, 1.54) is 35.0 Å². The van der Waals surface area contributed by atoms with Crippen LogP contribution in [0.2, 0.25) is 0 Å². The van der Waals surface area contributed by atoms with E-state index in [1.807, 2.05) is 0 Å². The molecular weight excluding hydrogens is 408 g/mol. The molecule has 1 fully saturated rings. The maximum absolute atomic E-state index is 12.5. The van der Waals surface area contributed by atoms with Crippen LogP contribution in [0.3, 0.4) is 0 Å². The Hall–Kier alpha value is -3.50. The predicted molar refractivity (Wildman–Crippen MR) is 109 cm³/mol. The van der Waals surface area contributed by atoms with Gasteiger partial charge in [0.15, 0.2) is 0 Å². The van der Waals surface area contributed by atoms with E-state index in [9.17, 15) is 29.3 Å². The van der Waals surface area contributed by atoms with Gasteiger partial charge in [0.2, 0.25) is 11.8 Å². The first-order chi connectivity index (χ1) is 14.7. The normalized spacial score (nSPS) is 15.7. The van der Waals surface area contributed by atoms with E-state index < -0.39 is 16.7 Å². The van der Waals surface area contributed by atoms with Gasteiger partial charge < -0.3 is 19.9 Å². The Bertz CT molecular complexity index is 858. The second kappa shape index (κ2) is 11.0. The zero-order valence-electron chi connectivity index (χ0n) is 17.5. The highest BCUT2D eigenvalue weighted by molar-refractivity contribution is 5.97. The fraction of sp³-hybridized carbons (Fsp3) is 0.500. The van der Waals surface area contributed by atoms with Crippen LogP contribution in [-0.2, 0) is 19.1 Å². The van der Waals surface area contributed by atoms with E-state index in [0.717, 1.165) is 6.07 Å². The number of ether oxygens (including phenoxy) is 1. The Labute approximate surface area is 179 Å². The van der Waals surface area contributed by atoms with Gasteiger partial charge in [-0.1, -0.05) is 6.07 Å². The highest BCUT2D eigenvalue weighted by atomic mass is 16.6. The second-order valence-corrected chi connectivity index (χ2v) is 7.17. The van der Waals surface area contributed by atoms with Crippen molar-refractivity contribution in [3.05, 3.63) is 39.9 Å². The van der Waals surface area contributed by atoms with Gasteiger partial charge in [-0.25, -0.2) is 0 Å². The number of benzene rings is 1. The monoisotopic (exact) mass is 434 g/mol. The molecule has 0 aliphatic carbocycles. The molecule has 11 nitrogen and oxygen atoms in total. The molecule has 168 valence electrons. The summed E-state index contributed by atoms with van der Waals surface area (Å²) in [5, 5.41) is 13.2. The summed E-state index contributed by atoms with van der Waals surface area (Å²) in [4.78, 5) is 61.8. The maximum atomic E-state index is 12.5. The van der Waals surface area contributed by atoms with Crippen molar-refractivity contribution in [2.45, 2.75) is 19.8 Å². The van der Waals surface area contributed by atoms with Crippen LogP contribution in [0, 0.1) is 16.0 Å². The third kappa shape index (κ3) is 6.76. The Morgan fingerprint density at radius 3 is 2.74 bits per heavy atom. The molecule has 3 amide bonds. The molecule has 1 aliphatic rings. The van der Waals surface area contributed by atoms with Crippen molar-refractivity contribution >= 4 is 29.4 Å². The van der Waals surface area contributed by atoms with Crippen molar-refractivity contribution in [1.29, 1.82) is 0 Å². The number of carbonyl (C=O) groups excluding carboxylic acids is 4. The molecule has 11 heteroatoms. The molecule has 1 N–H and O–H groups in total. The van der Waals surface area contributed by atoms with E-state index in [-0.39, 0.29) is 55.3 Å². The van der Waals surface area contributed by atoms with Gasteiger partial charge in [0.25, 0.3) is 11.6 Å². The molecule has 0 aromatic heterocycles. The van der Waals surface area contributed by atoms with Gasteiger partial charge in [-0.05, 0) is 25.8 Å². The van der Waals surface area contributed by atoms with Gasteiger partial charge in [0.05, 0.1) is 30.5 Å². The smallest absolute Gasteiger partial charge is 0.310 e. The van der Waals surface area contributed by atoms with Crippen molar-refractivity contribution in [3.63, 3.8) is 0 Å². The number of nitrogens with zero attached hydrogens (tertiary/aromatic N) is 3. The molecule has 0 bridgehead atoms. The van der Waals surface area contributed by atoms with Crippen molar-refractivity contribution < 1.29 is 28.8 Å². The number of esters is 1. The highest BCUT2D eigenvalue weighted by Crippen LogP contribution is 2.18. The number of carbonyl (C=O) groups is 4. The topological polar surface area (TPSA) is 139 Å². The second-order valence-electron chi connectivity index (χ2n) is 7.17. The van der Waals surface area contributed by atoms with Gasteiger partial charge in [-0.2, -0.15) is 0 Å². The number of hydrogen-bond donors (Lipinski definition) is 1. The summed E-state index contributed by atoms with van der Waals surface area (Å²) >= 11 is 0. The van der Waals surface area contributed by atoms with E-state index >= 15 is 0 Å². The molecule has 1 aliphatic heterocycles. The molecule has 0 radical (unpaired) electrons. The maximum Gasteiger partial charge on any atom is 0.310 e. The fourth-order valence-corrected chi connectivity index (χ4v) is 3.20. The quantitative estimate of drug-likeness (QED) is 0.359. The average Bonchev–Trinajstić information content (AvgIpc) is 2.77. The number of hydrogen-bond acceptors (Lipinski definition) is 7. The Balaban J connectivity index is 1.84. The lowest BCUT2D eigenvalue weighted by molar-refractivity contribution is -0.384. The number of non-ortho nitro benzene ring substituents is 1. The fourth-order valence-electron chi connectivity index (χ4n) is 3.20. The zero-order valence-corrected chi connectivity index (χ0v) is 17.5. The summed E-state index contributed by atoms with van der Waals surface area (Å²) < 4.78 is 5.02. The molecule has 1 heterocycles. The summed E-state index contributed by atoms with van der Waals surface area (Å²) in [7, 11) is 1.44. The first-order valence-corrected chi connectivity index (χ1v) is 9.94. The zero-order chi connectivity index (χ0) is 23.0. The third-order valence-corrected chi connectivity index (χ3v) is 4.91. The van der Waals surface area contributed by atoms with Crippen molar-refractivity contribution in [2.24, 2.45) is 5.92 Å². The van der Waals surface area contributed by atoms with Crippen molar-refractivity contribution in [2.75, 3.05) is 39.8 Å². The predicted octanol–water partition coefficient (Wildman–Crippen LogP) is 0.585. The van der Waals surface area contributed by atoms with Gasteiger partial charge in [-0.15, -0.1) is 0 Å². The molecule has 1 aromatic rings. The standard InChI is InChI=1S/C20H26N4O7/c1-3-31-20(28)15-7-5-9-23(12-15)18(26)13-22(2)17(25)11-21-19(27)14-6-4-8-16(10-14)24(29)30/h4,6,8,10,15H,3,5,7,9,11-13H2,1-2H3,(H,21,27). The van der Waals surface area contributed by atoms with Crippen molar-refractivity contribution in [3.8, 4) is 0 Å². The number of likely N-dealkylation sites (N-methyl/N-ethyl adjacent to an activating group) is 1. The molecule has 1 unspecified atom stereocenters. The van der Waals surface area contributed by atoms with Crippen LogP contribution in [0.5, 0.6) is 0 Å². The largest absolute Gasteiger partial charge is 0.466 e. The van der Waals surface area contributed by atoms with Crippen LogP contribution in [0.15, 0.2) is 24.3 Å². The minimum atomic E-state index is -0.634. The Morgan fingerprint density at radius 1 is 1.32 bits per heavy atom. The number of rotatable bonds is 8. The molecule has 1 saturated heterocycles. The van der Waals surface area contributed by atoms with Gasteiger partial charge in [0, 0.05) is 37.8 Å². The van der Waals surface area contributed by atoms with E-state index in [2.05, 4.69) is 5.32 Å². The van der Waals surface area contributed by atoms with Crippen LogP contribution in [0.1, 0.15) is 30.1 Å². The molecule has 1 atom stereocenters. The molecule has 0 spiro atoms. The number of nitro groups is 1. The third-order valence-electron chi connectivity index (χ3n) is 4.91. The summed E-state index contributed by atoms with van der Waals surface area (Å²) in [6.45, 7) is 2.20. The SMILES string of the molecule is CCOC(=O)C1CCCN(C(=O)CN(C)C(=O)CNC(=O)c2cccc([N+](=O)[O-])c2)C1. The first kappa shape index (κ1) is 23.8. The van der Waals surface area contributed by atoms with Gasteiger partial charge >= 0.3 is 5.97 Å². The van der Waals surface area contributed by atoms with Crippen LogP contribution in [0.4, 0.5) is 5.69 Å². The highest BCUT2D eigenvalue weighted by Gasteiger charge is 2.30. The van der Waals surface area contributed by atoms with Crippen molar-refractivity contribution in [1.82, 2.24) is 15.1 Å². The molecule has 31 heavy (non-hydrogen) atoms. The molecule has 2 rings (SSSR count). The summed E-state index contributed by atoms with van der Waals surface area (Å²) in [5.74, 6) is -2.12. The number of likely N-dealkylation sites (tertiary alicyclic amines) is 1. The summed E-state index contributed by atoms with van der Waals surface area (Å²) in [5.41, 5.74) is -0.177. The van der Waals surface area contributed by atoms with E-state index in [0.29, 0.717) is 19.4 Å². The van der Waals surface area contributed by atoms with Crippen LogP contribution in [-0.4, -0.2) is 78.2 Å². The Kier molecular flexibility index (Phi) is 8.47. The lowest BCUT2D eigenvalue weighted by Gasteiger charge is -2.32.